The number of rotatable bonds is 7. The average molecular weight is 302 g/mol. The number of hydrogen-bond donors (Lipinski definition) is 0. The number of aryl methyl sites for hydroxylation is 1. The minimum absolute atomic E-state index is 0.0523. The minimum Gasteiger partial charge on any atom is -0.340 e. The van der Waals surface area contributed by atoms with Crippen LogP contribution < -0.4 is 0 Å². The van der Waals surface area contributed by atoms with Crippen molar-refractivity contribution in [3.8, 4) is 12.1 Å². The Labute approximate surface area is 131 Å². The molecule has 0 saturated carbocycles. The average Bonchev–Trinajstić information content (AvgIpc) is 3.12. The Morgan fingerprint density at radius 1 is 1.50 bits per heavy atom. The van der Waals surface area contributed by atoms with Crippen molar-refractivity contribution in [2.45, 2.75) is 38.8 Å². The number of nitriles is 2. The van der Waals surface area contributed by atoms with Gasteiger partial charge in [0.05, 0.1) is 24.6 Å². The topological polar surface area (TPSA) is 93.0 Å². The van der Waals surface area contributed by atoms with Gasteiger partial charge < -0.3 is 9.42 Å². The molecule has 7 heteroatoms. The normalized spacial score (nSPS) is 20.0. The largest absolute Gasteiger partial charge is 0.340 e. The van der Waals surface area contributed by atoms with Crippen LogP contribution in [0.25, 0.3) is 0 Å². The maximum Gasteiger partial charge on any atom is 0.223 e. The van der Waals surface area contributed by atoms with E-state index in [1.807, 2.05) is 0 Å². The first kappa shape index (κ1) is 16.4. The van der Waals surface area contributed by atoms with E-state index in [4.69, 9.17) is 15.0 Å². The third-order valence-electron chi connectivity index (χ3n) is 4.10. The summed E-state index contributed by atoms with van der Waals surface area (Å²) in [5.41, 5.74) is 0. The molecule has 0 bridgehead atoms. The highest BCUT2D eigenvalue weighted by atomic mass is 16.5. The molecule has 118 valence electrons. The van der Waals surface area contributed by atoms with E-state index < -0.39 is 0 Å². The quantitative estimate of drug-likeness (QED) is 0.750. The van der Waals surface area contributed by atoms with E-state index in [2.05, 4.69) is 39.1 Å². The molecule has 0 aromatic carbocycles. The Kier molecular flexibility index (Phi) is 5.88. The number of likely N-dealkylation sites (tertiary alicyclic amines) is 1. The third kappa shape index (κ3) is 4.52. The second-order valence-electron chi connectivity index (χ2n) is 5.87. The first-order valence-electron chi connectivity index (χ1n) is 7.60. The van der Waals surface area contributed by atoms with Crippen LogP contribution in [0.15, 0.2) is 4.52 Å². The zero-order valence-corrected chi connectivity index (χ0v) is 13.2. The Morgan fingerprint density at radius 2 is 2.32 bits per heavy atom. The van der Waals surface area contributed by atoms with Crippen molar-refractivity contribution < 1.29 is 4.52 Å². The summed E-state index contributed by atoms with van der Waals surface area (Å²) in [6, 6.07) is 4.86. The summed E-state index contributed by atoms with van der Waals surface area (Å²) in [7, 11) is 2.07. The molecule has 0 aliphatic carbocycles. The van der Waals surface area contributed by atoms with Gasteiger partial charge in [-0.3, -0.25) is 4.90 Å². The van der Waals surface area contributed by atoms with E-state index in [-0.39, 0.29) is 5.92 Å². The van der Waals surface area contributed by atoms with Crippen molar-refractivity contribution in [3.63, 3.8) is 0 Å². The lowest BCUT2D eigenvalue weighted by Gasteiger charge is -2.24. The second kappa shape index (κ2) is 7.88. The Hall–Kier alpha value is -1.96. The number of nitrogens with zero attached hydrogens (tertiary/aromatic N) is 6. The van der Waals surface area contributed by atoms with Crippen LogP contribution in [-0.2, 0) is 6.54 Å². The van der Waals surface area contributed by atoms with Gasteiger partial charge in [0.2, 0.25) is 5.89 Å². The van der Waals surface area contributed by atoms with E-state index in [1.54, 1.807) is 6.92 Å². The molecule has 0 N–H and O–H groups in total. The van der Waals surface area contributed by atoms with E-state index in [0.717, 1.165) is 26.1 Å². The monoisotopic (exact) mass is 302 g/mol. The second-order valence-corrected chi connectivity index (χ2v) is 5.87. The molecule has 1 aromatic heterocycles. The molecule has 7 nitrogen and oxygen atoms in total. The maximum absolute atomic E-state index is 9.16. The third-order valence-corrected chi connectivity index (χ3v) is 4.10. The van der Waals surface area contributed by atoms with Gasteiger partial charge in [0.1, 0.15) is 0 Å². The van der Waals surface area contributed by atoms with Crippen LogP contribution in [0.3, 0.4) is 0 Å². The summed E-state index contributed by atoms with van der Waals surface area (Å²) in [5.74, 6) is 1.25. The Bertz CT molecular complexity index is 557. The van der Waals surface area contributed by atoms with Gasteiger partial charge in [-0.25, -0.2) is 0 Å². The summed E-state index contributed by atoms with van der Waals surface area (Å²) in [5, 5.41) is 21.7. The molecule has 1 aromatic rings. The maximum atomic E-state index is 9.16. The molecule has 22 heavy (non-hydrogen) atoms. The van der Waals surface area contributed by atoms with E-state index in [1.165, 1.54) is 0 Å². The first-order valence-corrected chi connectivity index (χ1v) is 7.60. The highest BCUT2D eigenvalue weighted by molar-refractivity contribution is 4.92. The van der Waals surface area contributed by atoms with Gasteiger partial charge in [0.25, 0.3) is 0 Å². The van der Waals surface area contributed by atoms with Crippen LogP contribution in [0.5, 0.6) is 0 Å². The summed E-state index contributed by atoms with van der Waals surface area (Å²) in [6.45, 7) is 5.15. The van der Waals surface area contributed by atoms with Gasteiger partial charge in [-0.05, 0) is 26.4 Å². The Balaban J connectivity index is 1.79. The zero-order valence-electron chi connectivity index (χ0n) is 13.2. The lowest BCUT2D eigenvalue weighted by Crippen LogP contribution is -2.35. The van der Waals surface area contributed by atoms with Crippen LogP contribution >= 0.6 is 0 Å². The minimum atomic E-state index is -0.0523. The fourth-order valence-electron chi connectivity index (χ4n) is 2.84. The number of likely N-dealkylation sites (N-methyl/N-ethyl adjacent to an activating group) is 1. The lowest BCUT2D eigenvalue weighted by atomic mass is 10.1. The van der Waals surface area contributed by atoms with Crippen LogP contribution in [0.4, 0.5) is 0 Å². The summed E-state index contributed by atoms with van der Waals surface area (Å²) >= 11 is 0. The van der Waals surface area contributed by atoms with Crippen LogP contribution in [0.2, 0.25) is 0 Å². The predicted octanol–water partition coefficient (Wildman–Crippen LogP) is 1.33. The predicted molar refractivity (Wildman–Crippen MR) is 79.3 cm³/mol. The van der Waals surface area contributed by atoms with Gasteiger partial charge >= 0.3 is 0 Å². The van der Waals surface area contributed by atoms with Gasteiger partial charge in [0, 0.05) is 32.5 Å². The summed E-state index contributed by atoms with van der Waals surface area (Å²) in [6.07, 6.45) is 2.18. The van der Waals surface area contributed by atoms with Crippen molar-refractivity contribution in [1.29, 1.82) is 10.5 Å². The fraction of sp³-hybridized carbons (Fsp3) is 0.733. The van der Waals surface area contributed by atoms with Crippen LogP contribution in [0.1, 0.15) is 31.0 Å². The van der Waals surface area contributed by atoms with Gasteiger partial charge in [-0.2, -0.15) is 15.5 Å². The highest BCUT2D eigenvalue weighted by Crippen LogP contribution is 2.18. The number of hydrogen-bond acceptors (Lipinski definition) is 7. The molecule has 2 heterocycles. The highest BCUT2D eigenvalue weighted by Gasteiger charge is 2.27. The van der Waals surface area contributed by atoms with Gasteiger partial charge in [-0.1, -0.05) is 5.16 Å². The van der Waals surface area contributed by atoms with E-state index in [9.17, 15) is 0 Å². The standard InChI is InChI=1S/C15H22N6O/c1-12-18-15(19-22-12)11-20(2)14-5-7-21(10-14)9-13(8-17)4-3-6-16/h13-14H,3-5,7,9-11H2,1-2H3/t13-,14-/m1/s1. The van der Waals surface area contributed by atoms with Crippen LogP contribution in [0, 0.1) is 35.5 Å². The fourth-order valence-corrected chi connectivity index (χ4v) is 2.84. The molecule has 1 aliphatic rings. The molecule has 0 amide bonds. The van der Waals surface area contributed by atoms with E-state index in [0.29, 0.717) is 37.1 Å². The molecule has 2 rings (SSSR count). The van der Waals surface area contributed by atoms with Crippen molar-refractivity contribution >= 4 is 0 Å². The lowest BCUT2D eigenvalue weighted by molar-refractivity contribution is 0.212. The first-order chi connectivity index (χ1) is 10.6. The van der Waals surface area contributed by atoms with Crippen molar-refractivity contribution in [2.75, 3.05) is 26.7 Å². The van der Waals surface area contributed by atoms with Crippen molar-refractivity contribution in [3.05, 3.63) is 11.7 Å². The smallest absolute Gasteiger partial charge is 0.223 e. The summed E-state index contributed by atoms with van der Waals surface area (Å²) in [4.78, 5) is 8.78. The van der Waals surface area contributed by atoms with Crippen LogP contribution in [-0.4, -0.2) is 52.7 Å². The van der Waals surface area contributed by atoms with Crippen molar-refractivity contribution in [2.24, 2.45) is 5.92 Å². The van der Waals surface area contributed by atoms with E-state index >= 15 is 0 Å². The molecule has 0 spiro atoms. The molecular weight excluding hydrogens is 280 g/mol. The molecule has 1 saturated heterocycles. The molecule has 0 radical (unpaired) electrons. The Morgan fingerprint density at radius 3 is 2.95 bits per heavy atom. The number of aromatic nitrogens is 2. The zero-order chi connectivity index (χ0) is 15.9. The van der Waals surface area contributed by atoms with Gasteiger partial charge in [0.15, 0.2) is 5.82 Å². The molecular formula is C15H22N6O. The molecule has 1 aliphatic heterocycles. The van der Waals surface area contributed by atoms with Gasteiger partial charge in [-0.15, -0.1) is 0 Å². The summed E-state index contributed by atoms with van der Waals surface area (Å²) < 4.78 is 4.99. The molecule has 1 fully saturated rings. The van der Waals surface area contributed by atoms with Crippen molar-refractivity contribution in [1.82, 2.24) is 19.9 Å². The SMILES string of the molecule is Cc1nc(CN(C)[C@@H]2CCN(C[C@@H](C#N)CCC#N)C2)no1. The molecule has 0 unspecified atom stereocenters. The molecule has 2 atom stereocenters.